The van der Waals surface area contributed by atoms with E-state index in [4.69, 9.17) is 4.42 Å². The average Bonchev–Trinajstić information content (AvgIpc) is 3.51. The smallest absolute Gasteiger partial charge is 0.136 e. The minimum atomic E-state index is 0.194. The van der Waals surface area contributed by atoms with Gasteiger partial charge in [-0.05, 0) is 84.5 Å². The third-order valence-corrected chi connectivity index (χ3v) is 7.89. The van der Waals surface area contributed by atoms with E-state index in [1.54, 1.807) is 0 Å². The Morgan fingerprint density at radius 2 is 1.50 bits per heavy atom. The Kier molecular flexibility index (Phi) is 4.20. The second-order valence-electron chi connectivity index (χ2n) is 12.0. The maximum absolute atomic E-state index is 6.31. The summed E-state index contributed by atoms with van der Waals surface area (Å²) in [5.74, 6) is 0. The molecule has 0 spiro atoms. The number of pyridine rings is 1. The van der Waals surface area contributed by atoms with Crippen molar-refractivity contribution in [2.45, 2.75) is 34.1 Å². The van der Waals surface area contributed by atoms with E-state index in [-0.39, 0.29) is 5.41 Å². The summed E-state index contributed by atoms with van der Waals surface area (Å²) < 4.78 is 8.77. The van der Waals surface area contributed by atoms with Gasteiger partial charge in [-0.25, -0.2) is 0 Å². The fourth-order valence-electron chi connectivity index (χ4n) is 6.39. The monoisotopic (exact) mass is 492 g/mol. The third-order valence-electron chi connectivity index (χ3n) is 7.89. The summed E-state index contributed by atoms with van der Waals surface area (Å²) in [5.41, 5.74) is 10.6. The molecule has 0 bridgehead atoms. The molecule has 0 aliphatic carbocycles. The molecule has 0 saturated heterocycles. The zero-order valence-electron chi connectivity index (χ0n) is 22.1. The van der Waals surface area contributed by atoms with Gasteiger partial charge in [0.05, 0.1) is 22.2 Å². The van der Waals surface area contributed by atoms with Crippen LogP contribution in [0.5, 0.6) is 0 Å². The van der Waals surface area contributed by atoms with Gasteiger partial charge in [0.1, 0.15) is 11.2 Å². The molecule has 8 rings (SSSR count). The van der Waals surface area contributed by atoms with Gasteiger partial charge in [-0.2, -0.15) is 0 Å². The molecule has 0 saturated carbocycles. The topological polar surface area (TPSA) is 30.4 Å². The van der Waals surface area contributed by atoms with E-state index in [9.17, 15) is 0 Å². The van der Waals surface area contributed by atoms with Crippen molar-refractivity contribution in [1.29, 1.82) is 0 Å². The molecule has 3 nitrogen and oxygen atoms in total. The number of aryl methyl sites for hydroxylation is 1. The van der Waals surface area contributed by atoms with Crippen LogP contribution in [-0.2, 0) is 6.42 Å². The van der Waals surface area contributed by atoms with Gasteiger partial charge in [-0.3, -0.25) is 4.98 Å². The van der Waals surface area contributed by atoms with Crippen molar-refractivity contribution < 1.29 is 4.42 Å². The largest absolute Gasteiger partial charge is 0.456 e. The SMILES string of the molecule is Cc1ccnc(-c2ccc3c(c2)c2cc(CC(C)(C)C)cc4c5cc6oc7ccccc7c6cc5n3c24)c1. The normalized spacial score (nSPS) is 12.8. The van der Waals surface area contributed by atoms with E-state index >= 15 is 0 Å². The lowest BCUT2D eigenvalue weighted by Crippen LogP contribution is -2.08. The fourth-order valence-corrected chi connectivity index (χ4v) is 6.39. The molecule has 8 aromatic rings. The van der Waals surface area contributed by atoms with E-state index in [1.165, 1.54) is 49.2 Å². The maximum Gasteiger partial charge on any atom is 0.136 e. The third kappa shape index (κ3) is 3.05. The minimum Gasteiger partial charge on any atom is -0.456 e. The van der Waals surface area contributed by atoms with Crippen LogP contribution in [-0.4, -0.2) is 9.38 Å². The summed E-state index contributed by atoms with van der Waals surface area (Å²) in [6, 6.07) is 28.8. The van der Waals surface area contributed by atoms with Gasteiger partial charge in [0, 0.05) is 44.1 Å². The summed E-state index contributed by atoms with van der Waals surface area (Å²) >= 11 is 0. The highest BCUT2D eigenvalue weighted by Gasteiger charge is 2.22. The molecule has 4 heterocycles. The molecule has 0 N–H and O–H groups in total. The number of rotatable bonds is 2. The maximum atomic E-state index is 6.31. The van der Waals surface area contributed by atoms with E-state index < -0.39 is 0 Å². The molecule has 4 aromatic heterocycles. The summed E-state index contributed by atoms with van der Waals surface area (Å²) in [6.07, 6.45) is 2.92. The van der Waals surface area contributed by atoms with Crippen molar-refractivity contribution in [1.82, 2.24) is 9.38 Å². The lowest BCUT2D eigenvalue weighted by atomic mass is 9.87. The molecule has 0 amide bonds. The Morgan fingerprint density at radius 3 is 2.29 bits per heavy atom. The van der Waals surface area contributed by atoms with Crippen LogP contribution >= 0.6 is 0 Å². The molecule has 184 valence electrons. The van der Waals surface area contributed by atoms with Crippen LogP contribution in [0.15, 0.2) is 89.5 Å². The fraction of sp³-hybridized carbons (Fsp3) is 0.171. The molecule has 38 heavy (non-hydrogen) atoms. The van der Waals surface area contributed by atoms with Gasteiger partial charge in [0.25, 0.3) is 0 Å². The Labute approximate surface area is 220 Å². The highest BCUT2D eigenvalue weighted by molar-refractivity contribution is 6.26. The highest BCUT2D eigenvalue weighted by Crippen LogP contribution is 2.43. The number of hydrogen-bond donors (Lipinski definition) is 0. The summed E-state index contributed by atoms with van der Waals surface area (Å²) in [7, 11) is 0. The quantitative estimate of drug-likeness (QED) is 0.240. The Morgan fingerprint density at radius 1 is 0.711 bits per heavy atom. The van der Waals surface area contributed by atoms with Gasteiger partial charge in [0.2, 0.25) is 0 Å². The van der Waals surface area contributed by atoms with E-state index in [0.29, 0.717) is 0 Å². The molecule has 0 unspecified atom stereocenters. The number of aromatic nitrogens is 2. The van der Waals surface area contributed by atoms with Crippen molar-refractivity contribution in [2.24, 2.45) is 5.41 Å². The first-order valence-electron chi connectivity index (χ1n) is 13.3. The summed E-state index contributed by atoms with van der Waals surface area (Å²) in [4.78, 5) is 4.68. The molecule has 4 aromatic carbocycles. The van der Waals surface area contributed by atoms with E-state index in [1.807, 2.05) is 12.3 Å². The van der Waals surface area contributed by atoms with Gasteiger partial charge >= 0.3 is 0 Å². The number of hydrogen-bond acceptors (Lipinski definition) is 2. The number of furan rings is 1. The first-order chi connectivity index (χ1) is 18.3. The molecule has 0 fully saturated rings. The van der Waals surface area contributed by atoms with Crippen molar-refractivity contribution >= 4 is 60.0 Å². The first kappa shape index (κ1) is 21.7. The predicted molar refractivity (Wildman–Crippen MR) is 160 cm³/mol. The second-order valence-corrected chi connectivity index (χ2v) is 12.0. The lowest BCUT2D eigenvalue weighted by molar-refractivity contribution is 0.411. The minimum absolute atomic E-state index is 0.194. The van der Waals surface area contributed by atoms with Crippen LogP contribution in [0, 0.1) is 12.3 Å². The van der Waals surface area contributed by atoms with Crippen LogP contribution < -0.4 is 0 Å². The predicted octanol–water partition coefficient (Wildman–Crippen LogP) is 9.70. The zero-order chi connectivity index (χ0) is 25.8. The molecular weight excluding hydrogens is 464 g/mol. The molecule has 3 heteroatoms. The Hall–Kier alpha value is -4.37. The van der Waals surface area contributed by atoms with Crippen molar-refractivity contribution in [3.05, 3.63) is 96.2 Å². The lowest BCUT2D eigenvalue weighted by Gasteiger charge is -2.18. The summed E-state index contributed by atoms with van der Waals surface area (Å²) in [5, 5.41) is 7.46. The summed E-state index contributed by atoms with van der Waals surface area (Å²) in [6.45, 7) is 9.06. The van der Waals surface area contributed by atoms with Gasteiger partial charge < -0.3 is 8.82 Å². The Bertz CT molecular complexity index is 2200. The van der Waals surface area contributed by atoms with Crippen molar-refractivity contribution in [3.63, 3.8) is 0 Å². The molecular formula is C35H28N2O. The van der Waals surface area contributed by atoms with Gasteiger partial charge in [-0.15, -0.1) is 0 Å². The van der Waals surface area contributed by atoms with Crippen LogP contribution in [0.2, 0.25) is 0 Å². The first-order valence-corrected chi connectivity index (χ1v) is 13.3. The van der Waals surface area contributed by atoms with Crippen LogP contribution in [0.4, 0.5) is 0 Å². The number of fused-ring (bicyclic) bond motifs is 9. The van der Waals surface area contributed by atoms with E-state index in [0.717, 1.165) is 39.6 Å². The van der Waals surface area contributed by atoms with Gasteiger partial charge in [-0.1, -0.05) is 45.0 Å². The van der Waals surface area contributed by atoms with Gasteiger partial charge in [0.15, 0.2) is 0 Å². The van der Waals surface area contributed by atoms with Crippen molar-refractivity contribution in [3.8, 4) is 11.3 Å². The number of benzene rings is 4. The second kappa shape index (κ2) is 7.35. The van der Waals surface area contributed by atoms with Crippen molar-refractivity contribution in [2.75, 3.05) is 0 Å². The van der Waals surface area contributed by atoms with E-state index in [2.05, 4.69) is 110 Å². The molecule has 0 aliphatic heterocycles. The standard InChI is InChI=1S/C35H28N2O/c1-20-11-12-36-29(13-20)22-9-10-30-24(16-22)27-14-21(19-35(2,3)4)15-28-25-18-33-26(17-31(25)37(30)34(27)28)23-7-5-6-8-32(23)38-33/h5-18H,19H2,1-4H3. The average molecular weight is 493 g/mol. The highest BCUT2D eigenvalue weighted by atomic mass is 16.3. The number of nitrogens with zero attached hydrogens (tertiary/aromatic N) is 2. The molecule has 0 aliphatic rings. The van der Waals surface area contributed by atoms with Crippen LogP contribution in [0.3, 0.4) is 0 Å². The molecule has 0 radical (unpaired) electrons. The van der Waals surface area contributed by atoms with Crippen LogP contribution in [0.1, 0.15) is 31.9 Å². The zero-order valence-corrected chi connectivity index (χ0v) is 22.1. The van der Waals surface area contributed by atoms with Crippen LogP contribution in [0.25, 0.3) is 71.3 Å². The number of para-hydroxylation sites is 1. The molecule has 0 atom stereocenters. The Balaban J connectivity index is 1.52.